The van der Waals surface area contributed by atoms with E-state index in [1.54, 1.807) is 11.1 Å². The Balaban J connectivity index is 1.32. The number of hydrogen-bond donors (Lipinski definition) is 1. The van der Waals surface area contributed by atoms with Gasteiger partial charge < -0.3 is 29.2 Å². The zero-order chi connectivity index (χ0) is 28.8. The van der Waals surface area contributed by atoms with E-state index in [9.17, 15) is 9.59 Å². The van der Waals surface area contributed by atoms with E-state index in [-0.39, 0.29) is 28.3 Å². The van der Waals surface area contributed by atoms with Crippen molar-refractivity contribution in [1.29, 1.82) is 0 Å². The van der Waals surface area contributed by atoms with Gasteiger partial charge >= 0.3 is 0 Å². The van der Waals surface area contributed by atoms with Gasteiger partial charge in [-0.2, -0.15) is 0 Å². The summed E-state index contributed by atoms with van der Waals surface area (Å²) in [5.41, 5.74) is 0.912. The summed E-state index contributed by atoms with van der Waals surface area (Å²) in [6.45, 7) is 7.18. The molecule has 0 aliphatic carbocycles. The van der Waals surface area contributed by atoms with Crippen LogP contribution >= 0.6 is 0 Å². The van der Waals surface area contributed by atoms with E-state index in [0.717, 1.165) is 63.1 Å². The molecular formula is C32H34FN5O4. The molecule has 2 fully saturated rings. The highest BCUT2D eigenvalue weighted by molar-refractivity contribution is 6.02. The lowest BCUT2D eigenvalue weighted by Gasteiger charge is -2.32. The number of rotatable bonds is 6. The second kappa shape index (κ2) is 11.0. The molecule has 0 radical (unpaired) electrons. The molecular weight excluding hydrogens is 537 g/mol. The molecule has 4 heterocycles. The molecule has 3 aliphatic heterocycles. The zero-order valence-corrected chi connectivity index (χ0v) is 23.7. The van der Waals surface area contributed by atoms with Crippen LogP contribution in [0.3, 0.4) is 0 Å². The first kappa shape index (κ1) is 26.9. The summed E-state index contributed by atoms with van der Waals surface area (Å²) in [6, 6.07) is 13.1. The summed E-state index contributed by atoms with van der Waals surface area (Å²) in [5, 5.41) is 5.34. The third-order valence-electron chi connectivity index (χ3n) is 8.57. The lowest BCUT2D eigenvalue weighted by molar-refractivity contribution is 0.0378. The number of carbonyl (C=O) groups excluding carboxylic acids is 1. The molecule has 9 nitrogen and oxygen atoms in total. The second-order valence-corrected chi connectivity index (χ2v) is 11.3. The molecule has 0 unspecified atom stereocenters. The number of nitrogens with zero attached hydrogens (tertiary/aromatic N) is 4. The van der Waals surface area contributed by atoms with E-state index in [0.29, 0.717) is 36.6 Å². The van der Waals surface area contributed by atoms with E-state index in [1.807, 2.05) is 48.0 Å². The number of ether oxygens (including phenoxy) is 2. The van der Waals surface area contributed by atoms with Crippen LogP contribution in [0.5, 0.6) is 11.5 Å². The summed E-state index contributed by atoms with van der Waals surface area (Å²) >= 11 is 0. The van der Waals surface area contributed by atoms with Crippen LogP contribution in [0.15, 0.2) is 53.5 Å². The van der Waals surface area contributed by atoms with Crippen molar-refractivity contribution in [3.05, 3.63) is 70.3 Å². The van der Waals surface area contributed by atoms with E-state index in [2.05, 4.69) is 15.1 Å². The first-order valence-corrected chi connectivity index (χ1v) is 14.6. The molecule has 7 rings (SSSR count). The quantitative estimate of drug-likeness (QED) is 0.310. The van der Waals surface area contributed by atoms with Crippen LogP contribution in [0.4, 0.5) is 10.1 Å². The number of pyridine rings is 1. The van der Waals surface area contributed by atoms with E-state index in [4.69, 9.17) is 9.47 Å². The maximum Gasteiger partial charge on any atom is 0.259 e. The van der Waals surface area contributed by atoms with E-state index >= 15 is 4.39 Å². The molecule has 3 aromatic carbocycles. The number of benzene rings is 3. The number of aromatic nitrogens is 1. The number of piperazine rings is 1. The SMILES string of the molecule is CN1CCN(C(=O)c2cn3c4c(c(NCCCN5CCOCC5)c(F)cc4c2=O)Oc2cc4ccccc4cc2-3)CC1. The van der Waals surface area contributed by atoms with Gasteiger partial charge in [0.1, 0.15) is 16.8 Å². The number of nitrogens with one attached hydrogen (secondary N) is 1. The Bertz CT molecular complexity index is 1740. The fourth-order valence-electron chi connectivity index (χ4n) is 6.14. The number of hydrogen-bond acceptors (Lipinski definition) is 7. The molecule has 4 aromatic rings. The molecule has 0 spiro atoms. The smallest absolute Gasteiger partial charge is 0.259 e. The molecule has 218 valence electrons. The molecule has 1 amide bonds. The first-order chi connectivity index (χ1) is 20.5. The number of amides is 1. The second-order valence-electron chi connectivity index (χ2n) is 11.3. The lowest BCUT2D eigenvalue weighted by atomic mass is 10.0. The minimum atomic E-state index is -0.582. The Hall–Kier alpha value is -3.99. The molecule has 1 N–H and O–H groups in total. The van der Waals surface area contributed by atoms with Gasteiger partial charge in [0.2, 0.25) is 5.43 Å². The van der Waals surface area contributed by atoms with Crippen LogP contribution in [0.1, 0.15) is 16.8 Å². The molecule has 0 saturated carbocycles. The maximum atomic E-state index is 15.8. The van der Waals surface area contributed by atoms with Crippen LogP contribution < -0.4 is 15.5 Å². The number of likely N-dealkylation sites (N-methyl/N-ethyl adjacent to an activating group) is 1. The Kier molecular flexibility index (Phi) is 7.05. The van der Waals surface area contributed by atoms with Gasteiger partial charge in [0.05, 0.1) is 24.3 Å². The number of morpholine rings is 1. The summed E-state index contributed by atoms with van der Waals surface area (Å²) in [7, 11) is 2.01. The van der Waals surface area contributed by atoms with Gasteiger partial charge in [0, 0.05) is 52.0 Å². The summed E-state index contributed by atoms with van der Waals surface area (Å²) in [4.78, 5) is 33.7. The summed E-state index contributed by atoms with van der Waals surface area (Å²) in [6.07, 6.45) is 2.43. The fraction of sp³-hybridized carbons (Fsp3) is 0.375. The largest absolute Gasteiger partial charge is 0.451 e. The number of halogens is 1. The summed E-state index contributed by atoms with van der Waals surface area (Å²) < 4.78 is 29.5. The predicted octanol–water partition coefficient (Wildman–Crippen LogP) is 3.91. The van der Waals surface area contributed by atoms with Crippen molar-refractivity contribution in [2.24, 2.45) is 0 Å². The molecule has 3 aliphatic rings. The van der Waals surface area contributed by atoms with Crippen molar-refractivity contribution < 1.29 is 18.7 Å². The van der Waals surface area contributed by atoms with Gasteiger partial charge in [0.15, 0.2) is 17.3 Å². The standard InChI is InChI=1S/C32H34FN5O4/c1-35-9-11-37(12-10-35)32(40)24-20-38-26-17-21-5-2-3-6-22(21)18-27(26)42-31-28(25(33)19-23(29(31)38)30(24)39)34-7-4-8-36-13-15-41-16-14-36/h2-3,5-6,17-20,34H,4,7-16H2,1H3. The third-order valence-corrected chi connectivity index (χ3v) is 8.57. The van der Waals surface area contributed by atoms with Crippen molar-refractivity contribution in [1.82, 2.24) is 19.3 Å². The van der Waals surface area contributed by atoms with Crippen LogP contribution in [0, 0.1) is 5.82 Å². The minimum Gasteiger partial charge on any atom is -0.451 e. The Morgan fingerprint density at radius 1 is 1.00 bits per heavy atom. The highest BCUT2D eigenvalue weighted by Crippen LogP contribution is 2.46. The van der Waals surface area contributed by atoms with Crippen molar-refractivity contribution in [2.45, 2.75) is 6.42 Å². The average molecular weight is 572 g/mol. The van der Waals surface area contributed by atoms with Crippen LogP contribution in [-0.4, -0.2) is 97.8 Å². The summed E-state index contributed by atoms with van der Waals surface area (Å²) in [5.74, 6) is -0.123. The zero-order valence-electron chi connectivity index (χ0n) is 23.7. The van der Waals surface area contributed by atoms with Crippen molar-refractivity contribution >= 4 is 33.3 Å². The Morgan fingerprint density at radius 3 is 2.50 bits per heavy atom. The topological polar surface area (TPSA) is 79.3 Å². The molecule has 0 bridgehead atoms. The average Bonchev–Trinajstić information content (AvgIpc) is 3.01. The van der Waals surface area contributed by atoms with Crippen molar-refractivity contribution in [3.8, 4) is 17.2 Å². The Labute approximate surface area is 243 Å². The monoisotopic (exact) mass is 571 g/mol. The van der Waals surface area contributed by atoms with Gasteiger partial charge in [-0.3, -0.25) is 14.5 Å². The fourth-order valence-corrected chi connectivity index (χ4v) is 6.14. The molecule has 0 atom stereocenters. The number of fused-ring (bicyclic) bond motifs is 3. The van der Waals surface area contributed by atoms with Gasteiger partial charge in [-0.15, -0.1) is 0 Å². The van der Waals surface area contributed by atoms with Crippen LogP contribution in [-0.2, 0) is 4.74 Å². The first-order valence-electron chi connectivity index (χ1n) is 14.6. The van der Waals surface area contributed by atoms with Gasteiger partial charge in [0.25, 0.3) is 5.91 Å². The van der Waals surface area contributed by atoms with Gasteiger partial charge in [-0.1, -0.05) is 24.3 Å². The van der Waals surface area contributed by atoms with E-state index in [1.165, 1.54) is 6.07 Å². The third kappa shape index (κ3) is 4.79. The predicted molar refractivity (Wildman–Crippen MR) is 161 cm³/mol. The van der Waals surface area contributed by atoms with Crippen molar-refractivity contribution in [3.63, 3.8) is 0 Å². The van der Waals surface area contributed by atoms with E-state index < -0.39 is 11.2 Å². The molecule has 1 aromatic heterocycles. The van der Waals surface area contributed by atoms with Crippen LogP contribution in [0.2, 0.25) is 0 Å². The number of anilines is 1. The minimum absolute atomic E-state index is 0.0321. The van der Waals surface area contributed by atoms with Crippen molar-refractivity contribution in [2.75, 3.05) is 77.9 Å². The Morgan fingerprint density at radius 2 is 1.74 bits per heavy atom. The van der Waals surface area contributed by atoms with Gasteiger partial charge in [-0.25, -0.2) is 4.39 Å². The highest BCUT2D eigenvalue weighted by Gasteiger charge is 2.30. The lowest BCUT2D eigenvalue weighted by Crippen LogP contribution is -2.48. The number of carbonyl (C=O) groups is 1. The molecule has 2 saturated heterocycles. The van der Waals surface area contributed by atoms with Crippen LogP contribution in [0.25, 0.3) is 27.4 Å². The maximum absolute atomic E-state index is 15.8. The normalized spacial score (nSPS) is 17.3. The highest BCUT2D eigenvalue weighted by atomic mass is 19.1. The molecule has 42 heavy (non-hydrogen) atoms. The van der Waals surface area contributed by atoms with Gasteiger partial charge in [-0.05, 0) is 49.0 Å². The molecule has 10 heteroatoms.